The lowest BCUT2D eigenvalue weighted by Crippen LogP contribution is -2.30. The summed E-state index contributed by atoms with van der Waals surface area (Å²) >= 11 is 0. The van der Waals surface area contributed by atoms with E-state index in [2.05, 4.69) is 10.9 Å². The molecule has 0 radical (unpaired) electrons. The molecule has 1 rings (SSSR count). The van der Waals surface area contributed by atoms with Crippen LogP contribution in [0.4, 0.5) is 0 Å². The van der Waals surface area contributed by atoms with E-state index in [4.69, 9.17) is 11.5 Å². The number of carboxylic acids is 1. The first-order valence-electron chi connectivity index (χ1n) is 5.05. The van der Waals surface area contributed by atoms with E-state index < -0.39 is 5.97 Å². The van der Waals surface area contributed by atoms with E-state index >= 15 is 0 Å². The van der Waals surface area contributed by atoms with Crippen LogP contribution in [-0.4, -0.2) is 38.6 Å². The number of hydrogen-bond acceptors (Lipinski definition) is 3. The molecule has 5 nitrogen and oxygen atoms in total. The Morgan fingerprint density at radius 3 is 3.06 bits per heavy atom. The van der Waals surface area contributed by atoms with Crippen molar-refractivity contribution in [3.8, 4) is 12.3 Å². The zero-order valence-corrected chi connectivity index (χ0v) is 9.26. The standard InChI is InChI=1S/C11H15N3O2/c1-3-6-13(9-11(15)16)8-10-12-5-7-14(10)4-2/h1,5,7H,4,6,8-9H2,2H3,(H,15,16). The zero-order valence-electron chi connectivity index (χ0n) is 9.26. The second kappa shape index (κ2) is 5.93. The first-order chi connectivity index (χ1) is 7.67. The van der Waals surface area contributed by atoms with Crippen molar-refractivity contribution in [2.75, 3.05) is 13.1 Å². The average molecular weight is 221 g/mol. The lowest BCUT2D eigenvalue weighted by atomic mass is 10.4. The van der Waals surface area contributed by atoms with Gasteiger partial charge in [-0.25, -0.2) is 4.98 Å². The number of aromatic nitrogens is 2. The lowest BCUT2D eigenvalue weighted by molar-refractivity contribution is -0.138. The molecule has 1 aromatic heterocycles. The first-order valence-corrected chi connectivity index (χ1v) is 5.05. The van der Waals surface area contributed by atoms with Crippen molar-refractivity contribution in [3.63, 3.8) is 0 Å². The van der Waals surface area contributed by atoms with Gasteiger partial charge in [0.25, 0.3) is 0 Å². The van der Waals surface area contributed by atoms with Crippen molar-refractivity contribution >= 4 is 5.97 Å². The van der Waals surface area contributed by atoms with E-state index in [1.54, 1.807) is 11.1 Å². The molecule has 0 unspecified atom stereocenters. The van der Waals surface area contributed by atoms with Crippen LogP contribution >= 0.6 is 0 Å². The van der Waals surface area contributed by atoms with Gasteiger partial charge in [0, 0.05) is 18.9 Å². The van der Waals surface area contributed by atoms with Crippen molar-refractivity contribution in [2.24, 2.45) is 0 Å². The van der Waals surface area contributed by atoms with Gasteiger partial charge >= 0.3 is 5.97 Å². The molecule has 0 aromatic carbocycles. The summed E-state index contributed by atoms with van der Waals surface area (Å²) in [5.74, 6) is 2.40. The van der Waals surface area contributed by atoms with E-state index in [1.165, 1.54) is 0 Å². The third-order valence-corrected chi connectivity index (χ3v) is 2.18. The highest BCUT2D eigenvalue weighted by atomic mass is 16.4. The minimum absolute atomic E-state index is 0.0687. The fourth-order valence-corrected chi connectivity index (χ4v) is 1.47. The van der Waals surface area contributed by atoms with Crippen molar-refractivity contribution < 1.29 is 9.90 Å². The molecule has 5 heteroatoms. The van der Waals surface area contributed by atoms with Crippen molar-refractivity contribution in [2.45, 2.75) is 20.0 Å². The van der Waals surface area contributed by atoms with Gasteiger partial charge in [-0.1, -0.05) is 5.92 Å². The van der Waals surface area contributed by atoms with Crippen molar-refractivity contribution in [3.05, 3.63) is 18.2 Å². The van der Waals surface area contributed by atoms with Crippen LogP contribution in [0.25, 0.3) is 0 Å². The molecule has 0 aliphatic carbocycles. The molecule has 0 fully saturated rings. The summed E-state index contributed by atoms with van der Waals surface area (Å²) in [5, 5.41) is 8.73. The maximum atomic E-state index is 10.6. The summed E-state index contributed by atoms with van der Waals surface area (Å²) in [7, 11) is 0. The Kier molecular flexibility index (Phi) is 4.55. The maximum absolute atomic E-state index is 10.6. The predicted octanol–water partition coefficient (Wildman–Crippen LogP) is 0.423. The molecule has 0 aliphatic heterocycles. The molecule has 0 spiro atoms. The van der Waals surface area contributed by atoms with Gasteiger partial charge < -0.3 is 9.67 Å². The summed E-state index contributed by atoms with van der Waals surface area (Å²) in [6.07, 6.45) is 8.76. The Morgan fingerprint density at radius 2 is 2.50 bits per heavy atom. The molecule has 1 heterocycles. The number of aliphatic carboxylic acids is 1. The molecule has 16 heavy (non-hydrogen) atoms. The van der Waals surface area contributed by atoms with E-state index in [-0.39, 0.29) is 6.54 Å². The third-order valence-electron chi connectivity index (χ3n) is 2.18. The predicted molar refractivity (Wildman–Crippen MR) is 59.6 cm³/mol. The van der Waals surface area contributed by atoms with Crippen LogP contribution in [0, 0.1) is 12.3 Å². The summed E-state index contributed by atoms with van der Waals surface area (Å²) < 4.78 is 1.96. The van der Waals surface area contributed by atoms with Gasteiger partial charge in [0.15, 0.2) is 0 Å². The molecule has 86 valence electrons. The Bertz CT molecular complexity index is 392. The highest BCUT2D eigenvalue weighted by Gasteiger charge is 2.11. The molecule has 1 N–H and O–H groups in total. The molecule has 0 amide bonds. The molecular formula is C11H15N3O2. The number of carbonyl (C=O) groups is 1. The van der Waals surface area contributed by atoms with Gasteiger partial charge in [0.2, 0.25) is 0 Å². The van der Waals surface area contributed by atoms with E-state index in [1.807, 2.05) is 17.7 Å². The van der Waals surface area contributed by atoms with Crippen LogP contribution in [0.1, 0.15) is 12.7 Å². The summed E-state index contributed by atoms with van der Waals surface area (Å²) in [6, 6.07) is 0. The largest absolute Gasteiger partial charge is 0.480 e. The minimum atomic E-state index is -0.884. The van der Waals surface area contributed by atoms with Crippen LogP contribution in [-0.2, 0) is 17.9 Å². The third kappa shape index (κ3) is 3.41. The lowest BCUT2D eigenvalue weighted by Gasteiger charge is -2.17. The molecule has 0 atom stereocenters. The topological polar surface area (TPSA) is 58.4 Å². The molecule has 0 saturated heterocycles. The van der Waals surface area contributed by atoms with Crippen molar-refractivity contribution in [1.29, 1.82) is 0 Å². The molecule has 1 aromatic rings. The second-order valence-corrected chi connectivity index (χ2v) is 3.37. The number of terminal acetylenes is 1. The van der Waals surface area contributed by atoms with Gasteiger partial charge in [-0.3, -0.25) is 9.69 Å². The normalized spacial score (nSPS) is 10.3. The van der Waals surface area contributed by atoms with Crippen molar-refractivity contribution in [1.82, 2.24) is 14.5 Å². The molecule has 0 bridgehead atoms. The summed E-state index contributed by atoms with van der Waals surface area (Å²) in [5.41, 5.74) is 0. The molecular weight excluding hydrogens is 206 g/mol. The monoisotopic (exact) mass is 221 g/mol. The zero-order chi connectivity index (χ0) is 12.0. The van der Waals surface area contributed by atoms with Gasteiger partial charge in [-0.05, 0) is 6.92 Å². The van der Waals surface area contributed by atoms with E-state index in [0.717, 1.165) is 12.4 Å². The Hall–Kier alpha value is -1.80. The second-order valence-electron chi connectivity index (χ2n) is 3.37. The molecule has 0 aliphatic rings. The Labute approximate surface area is 94.7 Å². The highest BCUT2D eigenvalue weighted by Crippen LogP contribution is 2.02. The van der Waals surface area contributed by atoms with Crippen LogP contribution in [0.2, 0.25) is 0 Å². The van der Waals surface area contributed by atoms with Gasteiger partial charge in [-0.15, -0.1) is 6.42 Å². The average Bonchev–Trinajstić information content (AvgIpc) is 2.64. The fraction of sp³-hybridized carbons (Fsp3) is 0.455. The SMILES string of the molecule is C#CCN(CC(=O)O)Cc1nccn1CC. The number of nitrogens with zero attached hydrogens (tertiary/aromatic N) is 3. The summed E-state index contributed by atoms with van der Waals surface area (Å²) in [6.45, 7) is 3.52. The highest BCUT2D eigenvalue weighted by molar-refractivity contribution is 5.69. The van der Waals surface area contributed by atoms with Crippen LogP contribution in [0.15, 0.2) is 12.4 Å². The number of hydrogen-bond donors (Lipinski definition) is 1. The van der Waals surface area contributed by atoms with Gasteiger partial charge in [-0.2, -0.15) is 0 Å². The Morgan fingerprint density at radius 1 is 1.75 bits per heavy atom. The van der Waals surface area contributed by atoms with E-state index in [0.29, 0.717) is 13.1 Å². The maximum Gasteiger partial charge on any atom is 0.317 e. The van der Waals surface area contributed by atoms with Crippen LogP contribution in [0.5, 0.6) is 0 Å². The fourth-order valence-electron chi connectivity index (χ4n) is 1.47. The molecule has 0 saturated carbocycles. The number of aryl methyl sites for hydroxylation is 1. The van der Waals surface area contributed by atoms with Gasteiger partial charge in [0.1, 0.15) is 5.82 Å². The number of rotatable bonds is 6. The first kappa shape index (κ1) is 12.3. The summed E-state index contributed by atoms with van der Waals surface area (Å²) in [4.78, 5) is 16.5. The van der Waals surface area contributed by atoms with Crippen LogP contribution in [0.3, 0.4) is 0 Å². The van der Waals surface area contributed by atoms with Crippen LogP contribution < -0.4 is 0 Å². The van der Waals surface area contributed by atoms with Gasteiger partial charge in [0.05, 0.1) is 19.6 Å². The number of carboxylic acid groups (broad SMARTS) is 1. The quantitative estimate of drug-likeness (QED) is 0.707. The Balaban J connectivity index is 2.67. The van der Waals surface area contributed by atoms with E-state index in [9.17, 15) is 4.79 Å². The number of imidazole rings is 1. The minimum Gasteiger partial charge on any atom is -0.480 e. The smallest absolute Gasteiger partial charge is 0.317 e.